The first kappa shape index (κ1) is 30.4. The fraction of sp³-hybridized carbons (Fsp3) is 0.556. The van der Waals surface area contributed by atoms with Crippen molar-refractivity contribution in [2.24, 2.45) is 22.1 Å². The lowest BCUT2D eigenvalue weighted by molar-refractivity contribution is -0.0285. The van der Waals surface area contributed by atoms with Gasteiger partial charge in [0.15, 0.2) is 0 Å². The molecule has 0 radical (unpaired) electrons. The van der Waals surface area contributed by atoms with Crippen molar-refractivity contribution in [2.75, 3.05) is 12.3 Å². The van der Waals surface area contributed by atoms with Gasteiger partial charge in [-0.1, -0.05) is 0 Å². The van der Waals surface area contributed by atoms with Crippen LogP contribution >= 0.6 is 54.0 Å². The van der Waals surface area contributed by atoms with Gasteiger partial charge in [-0.05, 0) is 45.4 Å². The molecule has 0 spiro atoms. The first-order valence-electron chi connectivity index (χ1n) is 8.16. The van der Waals surface area contributed by atoms with Crippen LogP contribution in [0.3, 0.4) is 0 Å². The molecule has 1 fully saturated rings. The molecule has 0 aromatic heterocycles. The molecule has 0 saturated carbocycles. The number of benzene rings is 1. The maximum atomic E-state index is 14.8. The number of rotatable bonds is 2. The summed E-state index contributed by atoms with van der Waals surface area (Å²) in [5.74, 6) is -0.938. The molecule has 0 aliphatic carbocycles. The lowest BCUT2D eigenvalue weighted by Gasteiger charge is -2.43. The number of hydrogen-bond donors (Lipinski definition) is 2. The lowest BCUT2D eigenvalue weighted by Crippen LogP contribution is -2.52. The van der Waals surface area contributed by atoms with Crippen LogP contribution in [0.1, 0.15) is 32.8 Å². The number of anilines is 1. The van der Waals surface area contributed by atoms with E-state index < -0.39 is 34.5 Å². The molecule has 3 rings (SSSR count). The van der Waals surface area contributed by atoms with Crippen molar-refractivity contribution in [1.29, 1.82) is 5.26 Å². The Morgan fingerprint density at radius 1 is 1.24 bits per heavy atom. The molecule has 11 heteroatoms. The van der Waals surface area contributed by atoms with E-state index in [1.165, 1.54) is 32.0 Å². The molecular weight excluding hydrogens is 454 g/mol. The van der Waals surface area contributed by atoms with Crippen molar-refractivity contribution in [3.8, 4) is 6.07 Å². The fourth-order valence-corrected chi connectivity index (χ4v) is 3.96. The highest BCUT2D eigenvalue weighted by Gasteiger charge is 2.61. The number of amidine groups is 1. The zero-order chi connectivity index (χ0) is 18.6. The van der Waals surface area contributed by atoms with Gasteiger partial charge in [0.2, 0.25) is 0 Å². The number of nitrogens with zero attached hydrogens (tertiary/aromatic N) is 2. The van der Waals surface area contributed by atoms with E-state index in [9.17, 15) is 14.0 Å². The Hall–Kier alpha value is -0.800. The van der Waals surface area contributed by atoms with Gasteiger partial charge >= 0.3 is 0 Å². The Morgan fingerprint density at radius 2 is 1.83 bits per heavy atom. The summed E-state index contributed by atoms with van der Waals surface area (Å²) in [6.45, 7) is 4.47. The van der Waals surface area contributed by atoms with Gasteiger partial charge in [0.1, 0.15) is 28.3 Å². The van der Waals surface area contributed by atoms with E-state index in [2.05, 4.69) is 11.1 Å². The number of aliphatic imine (C=N–C) groups is 1. The van der Waals surface area contributed by atoms with E-state index in [4.69, 9.17) is 16.2 Å². The topological polar surface area (TPSA) is 97.4 Å². The van der Waals surface area contributed by atoms with Crippen molar-refractivity contribution in [2.45, 2.75) is 44.5 Å². The SMILES string of the molecule is CC(C)(F)[C@H]1OC[C@]2(c3cc(N)ccc3F)N=C(N)[C@](C)(C#N)C[C@H]12.S.S.S.S. The molecule has 2 aliphatic heterocycles. The van der Waals surface area contributed by atoms with Gasteiger partial charge in [-0.25, -0.2) is 8.78 Å². The molecule has 166 valence electrons. The smallest absolute Gasteiger partial charge is 0.131 e. The van der Waals surface area contributed by atoms with Gasteiger partial charge in [-0.15, -0.1) is 0 Å². The Morgan fingerprint density at radius 3 is 2.34 bits per heavy atom. The normalized spacial score (nSPS) is 30.1. The Labute approximate surface area is 198 Å². The number of nitrogen functional groups attached to an aromatic ring is 1. The molecule has 1 aromatic rings. The average molecular weight is 485 g/mol. The molecule has 0 amide bonds. The molecule has 2 heterocycles. The summed E-state index contributed by atoms with van der Waals surface area (Å²) in [6, 6.07) is 6.36. The van der Waals surface area contributed by atoms with E-state index in [0.717, 1.165) is 0 Å². The van der Waals surface area contributed by atoms with Crippen LogP contribution in [0.25, 0.3) is 0 Å². The summed E-state index contributed by atoms with van der Waals surface area (Å²) < 4.78 is 35.2. The van der Waals surface area contributed by atoms with Crippen LogP contribution in [0, 0.1) is 28.5 Å². The van der Waals surface area contributed by atoms with Crippen LogP contribution in [-0.4, -0.2) is 24.2 Å². The Bertz CT molecular complexity index is 799. The molecule has 0 bridgehead atoms. The number of hydrogen-bond acceptors (Lipinski definition) is 5. The first-order valence-corrected chi connectivity index (χ1v) is 8.16. The second-order valence-corrected chi connectivity index (χ2v) is 7.71. The number of fused-ring (bicyclic) bond motifs is 1. The highest BCUT2D eigenvalue weighted by atomic mass is 32.1. The molecule has 4 N–H and O–H groups in total. The summed E-state index contributed by atoms with van der Waals surface area (Å²) in [5.41, 5.74) is 8.58. The minimum Gasteiger partial charge on any atom is -0.399 e. The third-order valence-electron chi connectivity index (χ3n) is 5.36. The number of nitriles is 1. The van der Waals surface area contributed by atoms with E-state index >= 15 is 0 Å². The van der Waals surface area contributed by atoms with Crippen LogP contribution in [-0.2, 0) is 10.3 Å². The predicted molar refractivity (Wildman–Crippen MR) is 132 cm³/mol. The second-order valence-electron chi connectivity index (χ2n) is 7.71. The van der Waals surface area contributed by atoms with Crippen LogP contribution in [0.5, 0.6) is 0 Å². The summed E-state index contributed by atoms with van der Waals surface area (Å²) in [4.78, 5) is 4.52. The third kappa shape index (κ3) is 4.93. The molecule has 1 aromatic carbocycles. The molecular formula is C18H30F2N4OS4. The quantitative estimate of drug-likeness (QED) is 0.630. The van der Waals surface area contributed by atoms with Gasteiger partial charge in [0, 0.05) is 17.2 Å². The number of alkyl halides is 1. The molecule has 4 atom stereocenters. The Balaban J connectivity index is 0. The highest BCUT2D eigenvalue weighted by Crippen LogP contribution is 2.54. The molecule has 5 nitrogen and oxygen atoms in total. The minimum absolute atomic E-state index is 0. The maximum Gasteiger partial charge on any atom is 0.131 e. The third-order valence-corrected chi connectivity index (χ3v) is 5.36. The molecule has 29 heavy (non-hydrogen) atoms. The highest BCUT2D eigenvalue weighted by molar-refractivity contribution is 7.59. The van der Waals surface area contributed by atoms with E-state index in [1.807, 2.05) is 0 Å². The van der Waals surface area contributed by atoms with Crippen molar-refractivity contribution < 1.29 is 13.5 Å². The molecule has 0 unspecified atom stereocenters. The van der Waals surface area contributed by atoms with E-state index in [0.29, 0.717) is 5.69 Å². The maximum absolute atomic E-state index is 14.8. The van der Waals surface area contributed by atoms with Crippen LogP contribution in [0.2, 0.25) is 0 Å². The zero-order valence-electron chi connectivity index (χ0n) is 16.5. The fourth-order valence-electron chi connectivity index (χ4n) is 3.96. The standard InChI is InChI=1S/C18H22F2N4O.4H2S/c1-16(2,20)14-12-7-17(3,8-21)15(23)24-18(12,9-25-14)11-6-10(22)4-5-13(11)19;;;;/h4-6,12,14H,7,9,22H2,1-3H3,(H2,23,24);4*1H2/t12-,14+,17+,18-;;;;/m1..../s1. The van der Waals surface area contributed by atoms with Gasteiger partial charge in [-0.2, -0.15) is 59.2 Å². The van der Waals surface area contributed by atoms with Crippen LogP contribution < -0.4 is 11.5 Å². The van der Waals surface area contributed by atoms with Gasteiger partial charge in [0.05, 0.1) is 18.8 Å². The summed E-state index contributed by atoms with van der Waals surface area (Å²) in [5, 5.41) is 9.54. The summed E-state index contributed by atoms with van der Waals surface area (Å²) in [6.07, 6.45) is -0.608. The largest absolute Gasteiger partial charge is 0.399 e. The van der Waals surface area contributed by atoms with E-state index in [-0.39, 0.29) is 78.4 Å². The van der Waals surface area contributed by atoms with E-state index in [1.54, 1.807) is 6.92 Å². The summed E-state index contributed by atoms with van der Waals surface area (Å²) in [7, 11) is 0. The summed E-state index contributed by atoms with van der Waals surface area (Å²) >= 11 is 0. The minimum atomic E-state index is -1.68. The van der Waals surface area contributed by atoms with Crippen molar-refractivity contribution in [3.05, 3.63) is 29.6 Å². The molecule has 1 saturated heterocycles. The average Bonchev–Trinajstić information content (AvgIpc) is 2.89. The van der Waals surface area contributed by atoms with Gasteiger partial charge in [0.25, 0.3) is 0 Å². The van der Waals surface area contributed by atoms with Gasteiger partial charge in [-0.3, -0.25) is 4.99 Å². The van der Waals surface area contributed by atoms with Crippen molar-refractivity contribution >= 4 is 65.5 Å². The predicted octanol–water partition coefficient (Wildman–Crippen LogP) is 3.11. The number of halogens is 2. The first-order chi connectivity index (χ1) is 11.5. The van der Waals surface area contributed by atoms with Crippen LogP contribution in [0.15, 0.2) is 23.2 Å². The van der Waals surface area contributed by atoms with Crippen LogP contribution in [0.4, 0.5) is 14.5 Å². The lowest BCUT2D eigenvalue weighted by atomic mass is 9.65. The second kappa shape index (κ2) is 10.0. The van der Waals surface area contributed by atoms with Crippen molar-refractivity contribution in [1.82, 2.24) is 0 Å². The number of ether oxygens (including phenoxy) is 1. The number of nitrogens with two attached hydrogens (primary N) is 2. The zero-order valence-corrected chi connectivity index (χ0v) is 20.5. The molecule has 2 aliphatic rings. The van der Waals surface area contributed by atoms with Gasteiger partial charge < -0.3 is 16.2 Å². The monoisotopic (exact) mass is 484 g/mol. The Kier molecular flexibility index (Phi) is 10.5. The van der Waals surface area contributed by atoms with Crippen molar-refractivity contribution in [3.63, 3.8) is 0 Å².